The Morgan fingerprint density at radius 3 is 2.86 bits per heavy atom. The van der Waals surface area contributed by atoms with E-state index in [9.17, 15) is 4.39 Å². The molecule has 0 saturated heterocycles. The van der Waals surface area contributed by atoms with Crippen molar-refractivity contribution in [3.63, 3.8) is 0 Å². The maximum Gasteiger partial charge on any atom is 0.191 e. The molecule has 0 aliphatic heterocycles. The van der Waals surface area contributed by atoms with Crippen LogP contribution in [0.25, 0.3) is 21.9 Å². The Morgan fingerprint density at radius 2 is 2.00 bits per heavy atom. The zero-order valence-electron chi connectivity index (χ0n) is 16.4. The molecule has 0 spiro atoms. The Kier molecular flexibility index (Phi) is 5.74. The molecule has 0 aliphatic carbocycles. The summed E-state index contributed by atoms with van der Waals surface area (Å²) in [5.41, 5.74) is 4.07. The minimum Gasteiger partial charge on any atom is -0.361 e. The molecule has 4 aromatic rings. The van der Waals surface area contributed by atoms with Crippen LogP contribution in [0.3, 0.4) is 0 Å². The Morgan fingerprint density at radius 1 is 1.10 bits per heavy atom. The van der Waals surface area contributed by atoms with E-state index < -0.39 is 0 Å². The summed E-state index contributed by atoms with van der Waals surface area (Å²) < 4.78 is 13.5. The molecular formula is C22H25FN6. The molecule has 6 nitrogen and oxygen atoms in total. The highest BCUT2D eigenvalue weighted by Gasteiger charge is 2.06. The number of hydrogen-bond acceptors (Lipinski definition) is 2. The molecule has 2 aromatic carbocycles. The number of guanidine groups is 1. The van der Waals surface area contributed by atoms with Gasteiger partial charge >= 0.3 is 0 Å². The number of benzene rings is 2. The van der Waals surface area contributed by atoms with Gasteiger partial charge < -0.3 is 20.6 Å². The number of aliphatic imine (C=N–C) groups is 1. The summed E-state index contributed by atoms with van der Waals surface area (Å²) in [6.45, 7) is 4.17. The highest BCUT2D eigenvalue weighted by molar-refractivity contribution is 5.83. The highest BCUT2D eigenvalue weighted by Crippen LogP contribution is 2.19. The molecule has 2 heterocycles. The van der Waals surface area contributed by atoms with Crippen molar-refractivity contribution in [2.45, 2.75) is 19.8 Å². The number of nitrogens with zero attached hydrogens (tertiary/aromatic N) is 2. The quantitative estimate of drug-likeness (QED) is 0.287. The van der Waals surface area contributed by atoms with E-state index in [2.05, 4.69) is 30.6 Å². The summed E-state index contributed by atoms with van der Waals surface area (Å²) in [7, 11) is 0. The lowest BCUT2D eigenvalue weighted by atomic mass is 10.1. The smallest absolute Gasteiger partial charge is 0.191 e. The predicted molar refractivity (Wildman–Crippen MR) is 116 cm³/mol. The van der Waals surface area contributed by atoms with Crippen LogP contribution in [0.1, 0.15) is 18.3 Å². The molecule has 0 bridgehead atoms. The first-order chi connectivity index (χ1) is 14.2. The maximum atomic E-state index is 13.5. The summed E-state index contributed by atoms with van der Waals surface area (Å²) in [6, 6.07) is 12.8. The number of para-hydroxylation sites is 2. The molecule has 0 saturated carbocycles. The average Bonchev–Trinajstić information content (AvgIpc) is 3.31. The van der Waals surface area contributed by atoms with Gasteiger partial charge in [-0.15, -0.1) is 0 Å². The minimum absolute atomic E-state index is 0.216. The lowest BCUT2D eigenvalue weighted by molar-refractivity contribution is 0.629. The first kappa shape index (κ1) is 19.0. The topological polar surface area (TPSA) is 80.9 Å². The standard InChI is InChI=1S/C22H25FN6/c1-2-24-22(26-12-10-21-28-19-5-3-4-6-20(19)29-21)25-11-9-15-14-27-18-8-7-16(23)13-17(15)18/h3-8,13-14,27H,2,9-12H2,1H3,(H,28,29)(H2,24,25,26). The summed E-state index contributed by atoms with van der Waals surface area (Å²) in [5.74, 6) is 1.49. The number of nitrogens with one attached hydrogen (secondary N) is 4. The molecule has 0 aliphatic rings. The van der Waals surface area contributed by atoms with Gasteiger partial charge in [-0.05, 0) is 49.2 Å². The van der Waals surface area contributed by atoms with Crippen LogP contribution in [0.4, 0.5) is 4.39 Å². The molecule has 0 fully saturated rings. The van der Waals surface area contributed by atoms with E-state index in [0.717, 1.165) is 58.7 Å². The second-order valence-electron chi connectivity index (χ2n) is 6.89. The van der Waals surface area contributed by atoms with Crippen LogP contribution in [0.15, 0.2) is 53.7 Å². The van der Waals surface area contributed by atoms with Crippen molar-refractivity contribution >= 4 is 27.9 Å². The van der Waals surface area contributed by atoms with Crippen LogP contribution in [-0.4, -0.2) is 40.5 Å². The minimum atomic E-state index is -0.216. The van der Waals surface area contributed by atoms with Crippen molar-refractivity contribution in [2.24, 2.45) is 4.99 Å². The second kappa shape index (κ2) is 8.77. The number of fused-ring (bicyclic) bond motifs is 2. The fourth-order valence-corrected chi connectivity index (χ4v) is 3.41. The number of H-pyrrole nitrogens is 2. The molecule has 0 unspecified atom stereocenters. The third-order valence-electron chi connectivity index (χ3n) is 4.82. The zero-order valence-corrected chi connectivity index (χ0v) is 16.4. The van der Waals surface area contributed by atoms with Gasteiger partial charge in [-0.1, -0.05) is 12.1 Å². The molecule has 7 heteroatoms. The molecule has 29 heavy (non-hydrogen) atoms. The van der Waals surface area contributed by atoms with Crippen molar-refractivity contribution in [3.05, 3.63) is 65.9 Å². The molecule has 2 aromatic heterocycles. The first-order valence-electron chi connectivity index (χ1n) is 9.94. The van der Waals surface area contributed by atoms with Crippen molar-refractivity contribution < 1.29 is 4.39 Å². The summed E-state index contributed by atoms with van der Waals surface area (Å²) in [4.78, 5) is 15.7. The Bertz CT molecular complexity index is 1090. The number of imidazole rings is 1. The lowest BCUT2D eigenvalue weighted by Crippen LogP contribution is -2.38. The SMILES string of the molecule is CCNC(=NCCc1nc2ccccc2[nH]1)NCCc1c[nH]c2ccc(F)cc12. The van der Waals surface area contributed by atoms with Gasteiger partial charge in [0.2, 0.25) is 0 Å². The number of halogens is 1. The van der Waals surface area contributed by atoms with Crippen LogP contribution in [0.5, 0.6) is 0 Å². The van der Waals surface area contributed by atoms with Gasteiger partial charge in [0.25, 0.3) is 0 Å². The van der Waals surface area contributed by atoms with Gasteiger partial charge in [0.05, 0.1) is 11.0 Å². The normalized spacial score (nSPS) is 12.0. The highest BCUT2D eigenvalue weighted by atomic mass is 19.1. The van der Waals surface area contributed by atoms with Crippen LogP contribution in [0.2, 0.25) is 0 Å². The van der Waals surface area contributed by atoms with Crippen molar-refractivity contribution in [2.75, 3.05) is 19.6 Å². The van der Waals surface area contributed by atoms with E-state index >= 15 is 0 Å². The van der Waals surface area contributed by atoms with Gasteiger partial charge in [0, 0.05) is 43.2 Å². The number of rotatable bonds is 7. The van der Waals surface area contributed by atoms with Gasteiger partial charge in [0.1, 0.15) is 11.6 Å². The van der Waals surface area contributed by atoms with E-state index in [1.54, 1.807) is 12.1 Å². The van der Waals surface area contributed by atoms with Gasteiger partial charge in [-0.3, -0.25) is 4.99 Å². The maximum absolute atomic E-state index is 13.5. The third kappa shape index (κ3) is 4.56. The Hall–Kier alpha value is -3.35. The number of aromatic amines is 2. The lowest BCUT2D eigenvalue weighted by Gasteiger charge is -2.11. The van der Waals surface area contributed by atoms with Gasteiger partial charge in [-0.2, -0.15) is 0 Å². The fourth-order valence-electron chi connectivity index (χ4n) is 3.41. The molecule has 0 amide bonds. The van der Waals surface area contributed by atoms with Crippen molar-refractivity contribution in [1.82, 2.24) is 25.6 Å². The fraction of sp³-hybridized carbons (Fsp3) is 0.273. The monoisotopic (exact) mass is 392 g/mol. The Balaban J connectivity index is 1.33. The number of hydrogen-bond donors (Lipinski definition) is 4. The molecule has 150 valence electrons. The molecule has 4 rings (SSSR count). The van der Waals surface area contributed by atoms with Gasteiger partial charge in [-0.25, -0.2) is 9.37 Å². The van der Waals surface area contributed by atoms with E-state index in [4.69, 9.17) is 0 Å². The zero-order chi connectivity index (χ0) is 20.1. The number of aromatic nitrogens is 3. The molecular weight excluding hydrogens is 367 g/mol. The summed E-state index contributed by atoms with van der Waals surface area (Å²) in [6.07, 6.45) is 3.46. The van der Waals surface area contributed by atoms with E-state index in [1.165, 1.54) is 6.07 Å². The van der Waals surface area contributed by atoms with Crippen LogP contribution < -0.4 is 10.6 Å². The molecule has 0 atom stereocenters. The summed E-state index contributed by atoms with van der Waals surface area (Å²) in [5, 5.41) is 7.54. The van der Waals surface area contributed by atoms with Crippen molar-refractivity contribution in [3.8, 4) is 0 Å². The predicted octanol–water partition coefficient (Wildman–Crippen LogP) is 3.52. The van der Waals surface area contributed by atoms with Crippen LogP contribution in [-0.2, 0) is 12.8 Å². The van der Waals surface area contributed by atoms with Crippen LogP contribution >= 0.6 is 0 Å². The van der Waals surface area contributed by atoms with Crippen LogP contribution in [0, 0.1) is 5.82 Å². The summed E-state index contributed by atoms with van der Waals surface area (Å²) >= 11 is 0. The largest absolute Gasteiger partial charge is 0.361 e. The van der Waals surface area contributed by atoms with Gasteiger partial charge in [0.15, 0.2) is 5.96 Å². The molecule has 0 radical (unpaired) electrons. The molecule has 4 N–H and O–H groups in total. The van der Waals surface area contributed by atoms with E-state index in [1.807, 2.05) is 37.4 Å². The second-order valence-corrected chi connectivity index (χ2v) is 6.89. The van der Waals surface area contributed by atoms with E-state index in [-0.39, 0.29) is 5.82 Å². The average molecular weight is 392 g/mol. The van der Waals surface area contributed by atoms with E-state index in [0.29, 0.717) is 13.1 Å². The van der Waals surface area contributed by atoms with Crippen molar-refractivity contribution in [1.29, 1.82) is 0 Å². The Labute approximate surface area is 168 Å². The third-order valence-corrected chi connectivity index (χ3v) is 4.82. The first-order valence-corrected chi connectivity index (χ1v) is 9.94.